The molecule has 3 aromatic rings. The highest BCUT2D eigenvalue weighted by atomic mass is 15.3. The lowest BCUT2D eigenvalue weighted by Crippen LogP contribution is -2.35. The molecule has 0 bridgehead atoms. The molecule has 0 aliphatic carbocycles. The van der Waals surface area contributed by atoms with Crippen LogP contribution in [0.5, 0.6) is 0 Å². The van der Waals surface area contributed by atoms with E-state index < -0.39 is 0 Å². The third-order valence-electron chi connectivity index (χ3n) is 5.49. The minimum Gasteiger partial charge on any atom is -0.356 e. The van der Waals surface area contributed by atoms with Crippen molar-refractivity contribution in [3.8, 4) is 0 Å². The van der Waals surface area contributed by atoms with E-state index in [2.05, 4.69) is 54.2 Å². The quantitative estimate of drug-likeness (QED) is 0.687. The number of aromatic nitrogens is 4. The Bertz CT molecular complexity index is 892. The van der Waals surface area contributed by atoms with Gasteiger partial charge in [0.05, 0.1) is 11.6 Å². The molecule has 5 heteroatoms. The second-order valence-electron chi connectivity index (χ2n) is 8.19. The van der Waals surface area contributed by atoms with E-state index in [1.54, 1.807) is 0 Å². The van der Waals surface area contributed by atoms with Gasteiger partial charge in [-0.25, -0.2) is 9.97 Å². The van der Waals surface area contributed by atoms with Crippen LogP contribution in [0.4, 0.5) is 5.82 Å². The molecular formula is C22H29N5. The number of hydrogen-bond acceptors (Lipinski definition) is 4. The SMILES string of the molecule is CC(C)Cc1nc(N2CCC(Cc3ccccc3)CC2)c2cnn(C)c2n1. The van der Waals surface area contributed by atoms with Gasteiger partial charge in [-0.15, -0.1) is 0 Å². The van der Waals surface area contributed by atoms with E-state index >= 15 is 0 Å². The minimum absolute atomic E-state index is 0.542. The highest BCUT2D eigenvalue weighted by Gasteiger charge is 2.23. The summed E-state index contributed by atoms with van der Waals surface area (Å²) in [5, 5.41) is 5.51. The number of benzene rings is 1. The van der Waals surface area contributed by atoms with E-state index in [0.717, 1.165) is 48.1 Å². The molecular weight excluding hydrogens is 334 g/mol. The molecule has 1 aliphatic rings. The Morgan fingerprint density at radius 2 is 1.81 bits per heavy atom. The molecule has 0 radical (unpaired) electrons. The van der Waals surface area contributed by atoms with Gasteiger partial charge in [0.2, 0.25) is 0 Å². The van der Waals surface area contributed by atoms with E-state index in [0.29, 0.717) is 5.92 Å². The van der Waals surface area contributed by atoms with Gasteiger partial charge in [-0.3, -0.25) is 4.68 Å². The zero-order valence-electron chi connectivity index (χ0n) is 16.6. The van der Waals surface area contributed by atoms with Crippen LogP contribution < -0.4 is 4.90 Å². The van der Waals surface area contributed by atoms with Crippen molar-refractivity contribution in [2.24, 2.45) is 18.9 Å². The summed E-state index contributed by atoms with van der Waals surface area (Å²) in [7, 11) is 1.96. The lowest BCUT2D eigenvalue weighted by molar-refractivity contribution is 0.402. The zero-order valence-corrected chi connectivity index (χ0v) is 16.6. The Morgan fingerprint density at radius 1 is 1.07 bits per heavy atom. The fourth-order valence-corrected chi connectivity index (χ4v) is 4.04. The molecule has 5 nitrogen and oxygen atoms in total. The molecule has 0 atom stereocenters. The molecule has 0 unspecified atom stereocenters. The smallest absolute Gasteiger partial charge is 0.163 e. The topological polar surface area (TPSA) is 46.8 Å². The van der Waals surface area contributed by atoms with Gasteiger partial charge < -0.3 is 4.90 Å². The summed E-state index contributed by atoms with van der Waals surface area (Å²) in [4.78, 5) is 12.2. The van der Waals surface area contributed by atoms with Crippen molar-refractivity contribution in [2.75, 3.05) is 18.0 Å². The van der Waals surface area contributed by atoms with Crippen LogP contribution in [0, 0.1) is 11.8 Å². The number of fused-ring (bicyclic) bond motifs is 1. The molecule has 0 spiro atoms. The number of rotatable bonds is 5. The molecule has 142 valence electrons. The van der Waals surface area contributed by atoms with Crippen molar-refractivity contribution >= 4 is 16.9 Å². The average Bonchev–Trinajstić information content (AvgIpc) is 3.03. The van der Waals surface area contributed by atoms with Crippen LogP contribution in [0.3, 0.4) is 0 Å². The van der Waals surface area contributed by atoms with Crippen LogP contribution in [0.1, 0.15) is 38.1 Å². The van der Waals surface area contributed by atoms with Crippen LogP contribution >= 0.6 is 0 Å². The Labute approximate surface area is 161 Å². The van der Waals surface area contributed by atoms with E-state index in [1.807, 2.05) is 17.9 Å². The highest BCUT2D eigenvalue weighted by molar-refractivity contribution is 5.87. The molecule has 1 fully saturated rings. The first kappa shape index (κ1) is 18.0. The summed E-state index contributed by atoms with van der Waals surface area (Å²) >= 11 is 0. The van der Waals surface area contributed by atoms with Gasteiger partial charge in [0, 0.05) is 26.6 Å². The molecule has 2 aromatic heterocycles. The van der Waals surface area contributed by atoms with E-state index in [-0.39, 0.29) is 0 Å². The molecule has 1 saturated heterocycles. The Morgan fingerprint density at radius 3 is 2.52 bits per heavy atom. The number of anilines is 1. The number of aryl methyl sites for hydroxylation is 1. The first-order valence-corrected chi connectivity index (χ1v) is 10.1. The van der Waals surface area contributed by atoms with Crippen molar-refractivity contribution in [1.82, 2.24) is 19.7 Å². The first-order chi connectivity index (χ1) is 13.1. The van der Waals surface area contributed by atoms with Crippen molar-refractivity contribution in [3.63, 3.8) is 0 Å². The molecule has 1 aliphatic heterocycles. The Hall–Kier alpha value is -2.43. The average molecular weight is 364 g/mol. The molecule has 27 heavy (non-hydrogen) atoms. The Balaban J connectivity index is 1.53. The lowest BCUT2D eigenvalue weighted by Gasteiger charge is -2.33. The van der Waals surface area contributed by atoms with E-state index in [9.17, 15) is 0 Å². The van der Waals surface area contributed by atoms with Gasteiger partial charge in [0.1, 0.15) is 11.6 Å². The molecule has 0 saturated carbocycles. The van der Waals surface area contributed by atoms with Crippen molar-refractivity contribution < 1.29 is 0 Å². The van der Waals surface area contributed by atoms with Crippen molar-refractivity contribution in [1.29, 1.82) is 0 Å². The number of piperidine rings is 1. The second-order valence-corrected chi connectivity index (χ2v) is 8.19. The van der Waals surface area contributed by atoms with Gasteiger partial charge in [0.25, 0.3) is 0 Å². The first-order valence-electron chi connectivity index (χ1n) is 10.1. The van der Waals surface area contributed by atoms with E-state index in [1.165, 1.54) is 24.8 Å². The maximum Gasteiger partial charge on any atom is 0.163 e. The third-order valence-corrected chi connectivity index (χ3v) is 5.49. The lowest BCUT2D eigenvalue weighted by atomic mass is 9.90. The van der Waals surface area contributed by atoms with Gasteiger partial charge in [-0.2, -0.15) is 5.10 Å². The van der Waals surface area contributed by atoms with E-state index in [4.69, 9.17) is 9.97 Å². The summed E-state index contributed by atoms with van der Waals surface area (Å²) in [5.74, 6) is 3.30. The largest absolute Gasteiger partial charge is 0.356 e. The fraction of sp³-hybridized carbons (Fsp3) is 0.500. The maximum atomic E-state index is 4.95. The fourth-order valence-electron chi connectivity index (χ4n) is 4.04. The second kappa shape index (κ2) is 7.67. The van der Waals surface area contributed by atoms with Crippen molar-refractivity contribution in [2.45, 2.75) is 39.5 Å². The zero-order chi connectivity index (χ0) is 18.8. The molecule has 3 heterocycles. The predicted octanol–water partition coefficient (Wildman–Crippen LogP) is 4.02. The summed E-state index contributed by atoms with van der Waals surface area (Å²) in [6.07, 6.45) is 6.41. The molecule has 0 amide bonds. The highest BCUT2D eigenvalue weighted by Crippen LogP contribution is 2.29. The third kappa shape index (κ3) is 3.97. The molecule has 1 aromatic carbocycles. The standard InChI is InChI=1S/C22H29N5/c1-16(2)13-20-24-21-19(15-23-26(21)3)22(25-20)27-11-9-18(10-12-27)14-17-7-5-4-6-8-17/h4-8,15-16,18H,9-14H2,1-3H3. The molecule has 0 N–H and O–H groups in total. The van der Waals surface area contributed by atoms with Crippen LogP contribution in [0.15, 0.2) is 36.5 Å². The van der Waals surface area contributed by atoms with Crippen LogP contribution in [0.2, 0.25) is 0 Å². The van der Waals surface area contributed by atoms with Crippen LogP contribution in [0.25, 0.3) is 11.0 Å². The van der Waals surface area contributed by atoms with Crippen LogP contribution in [-0.2, 0) is 19.9 Å². The molecule has 4 rings (SSSR count). The van der Waals surface area contributed by atoms with Gasteiger partial charge in [0.15, 0.2) is 5.65 Å². The van der Waals surface area contributed by atoms with Crippen molar-refractivity contribution in [3.05, 3.63) is 47.9 Å². The van der Waals surface area contributed by atoms with Gasteiger partial charge in [-0.05, 0) is 36.7 Å². The normalized spacial score (nSPS) is 15.8. The van der Waals surface area contributed by atoms with Gasteiger partial charge in [-0.1, -0.05) is 44.2 Å². The maximum absolute atomic E-state index is 4.95. The van der Waals surface area contributed by atoms with Gasteiger partial charge >= 0.3 is 0 Å². The summed E-state index contributed by atoms with van der Waals surface area (Å²) < 4.78 is 1.87. The minimum atomic E-state index is 0.542. The number of nitrogens with zero attached hydrogens (tertiary/aromatic N) is 5. The summed E-state index contributed by atoms with van der Waals surface area (Å²) in [6, 6.07) is 10.9. The predicted molar refractivity (Wildman–Crippen MR) is 110 cm³/mol. The summed E-state index contributed by atoms with van der Waals surface area (Å²) in [5.41, 5.74) is 2.40. The summed E-state index contributed by atoms with van der Waals surface area (Å²) in [6.45, 7) is 6.54. The number of hydrogen-bond donors (Lipinski definition) is 0. The monoisotopic (exact) mass is 363 g/mol. The Kier molecular flexibility index (Phi) is 5.10. The van der Waals surface area contributed by atoms with Crippen LogP contribution in [-0.4, -0.2) is 32.8 Å².